The molecule has 0 aromatic heterocycles. The fourth-order valence-electron chi connectivity index (χ4n) is 5.41. The van der Waals surface area contributed by atoms with E-state index in [1.54, 1.807) is 17.9 Å². The van der Waals surface area contributed by atoms with Crippen LogP contribution in [0.4, 0.5) is 0 Å². The minimum absolute atomic E-state index is 0. The molecule has 0 saturated carbocycles. The largest absolute Gasteiger partial charge is 0.347 e. The van der Waals surface area contributed by atoms with Gasteiger partial charge in [-0.1, -0.05) is 89.9 Å². The van der Waals surface area contributed by atoms with Crippen LogP contribution in [-0.4, -0.2) is 48.3 Å². The number of nitrogens with one attached hydrogen (secondary N) is 1. The number of halogens is 3. The minimum Gasteiger partial charge on any atom is -0.347 e. The van der Waals surface area contributed by atoms with E-state index in [0.717, 1.165) is 49.2 Å². The number of rotatable bonds is 9. The fraction of sp³-hybridized carbons (Fsp3) is 0.355. The maximum atomic E-state index is 13.7. The zero-order chi connectivity index (χ0) is 27.1. The lowest BCUT2D eigenvalue weighted by Crippen LogP contribution is -2.52. The van der Waals surface area contributed by atoms with Crippen LogP contribution in [0.3, 0.4) is 0 Å². The molecule has 1 fully saturated rings. The molecule has 1 saturated heterocycles. The van der Waals surface area contributed by atoms with Gasteiger partial charge in [0.05, 0.1) is 21.5 Å². The maximum Gasteiger partial charge on any atom is 0.230 e. The lowest BCUT2D eigenvalue weighted by molar-refractivity contribution is -0.132. The number of carbonyl (C=O) groups excluding carboxylic acids is 2. The third kappa shape index (κ3) is 7.98. The molecule has 1 heterocycles. The van der Waals surface area contributed by atoms with Gasteiger partial charge in [-0.05, 0) is 54.6 Å². The van der Waals surface area contributed by atoms with Crippen LogP contribution in [0.1, 0.15) is 48.8 Å². The SMILES string of the molecule is CC(=O)NC1(c2ccccc2)CCN(CCC(C(=O)N(C)Cc2ccccc2)c2ccc(Cl)c(Cl)c2)CC1.Cl. The summed E-state index contributed by atoms with van der Waals surface area (Å²) in [7, 11) is 1.85. The van der Waals surface area contributed by atoms with Crippen molar-refractivity contribution in [3.05, 3.63) is 106 Å². The molecule has 1 aliphatic rings. The molecule has 208 valence electrons. The first-order valence-corrected chi connectivity index (χ1v) is 13.8. The van der Waals surface area contributed by atoms with E-state index in [4.69, 9.17) is 23.2 Å². The van der Waals surface area contributed by atoms with Crippen molar-refractivity contribution in [2.75, 3.05) is 26.7 Å². The van der Waals surface area contributed by atoms with E-state index < -0.39 is 0 Å². The van der Waals surface area contributed by atoms with Gasteiger partial charge < -0.3 is 15.1 Å². The molecular weight excluding hydrogens is 553 g/mol. The number of hydrogen-bond acceptors (Lipinski definition) is 3. The third-order valence-electron chi connectivity index (χ3n) is 7.47. The average Bonchev–Trinajstić information content (AvgIpc) is 2.92. The predicted molar refractivity (Wildman–Crippen MR) is 162 cm³/mol. The highest BCUT2D eigenvalue weighted by atomic mass is 35.5. The van der Waals surface area contributed by atoms with Crippen molar-refractivity contribution in [3.63, 3.8) is 0 Å². The Kier molecular flexibility index (Phi) is 11.3. The van der Waals surface area contributed by atoms with Gasteiger partial charge in [0.1, 0.15) is 0 Å². The normalized spacial score (nSPS) is 15.6. The van der Waals surface area contributed by atoms with Crippen LogP contribution in [0.25, 0.3) is 0 Å². The van der Waals surface area contributed by atoms with Crippen molar-refractivity contribution in [3.8, 4) is 0 Å². The van der Waals surface area contributed by atoms with E-state index in [9.17, 15) is 9.59 Å². The number of likely N-dealkylation sites (tertiary alicyclic amines) is 1. The standard InChI is InChI=1S/C31H35Cl2N3O2.ClH/c1-23(37)34-31(26-11-7-4-8-12-26)16-19-36(20-17-31)18-15-27(25-13-14-28(32)29(33)21-25)30(38)35(2)22-24-9-5-3-6-10-24;/h3-14,21,27H,15-20,22H2,1-2H3,(H,34,37);1H. The van der Waals surface area contributed by atoms with Crippen molar-refractivity contribution in [1.82, 2.24) is 15.1 Å². The Balaban J connectivity index is 0.00000420. The number of nitrogens with zero attached hydrogens (tertiary/aromatic N) is 2. The number of amides is 2. The molecule has 39 heavy (non-hydrogen) atoms. The van der Waals surface area contributed by atoms with E-state index >= 15 is 0 Å². The smallest absolute Gasteiger partial charge is 0.230 e. The Labute approximate surface area is 247 Å². The monoisotopic (exact) mass is 587 g/mol. The summed E-state index contributed by atoms with van der Waals surface area (Å²) in [6, 6.07) is 25.7. The summed E-state index contributed by atoms with van der Waals surface area (Å²) in [6.07, 6.45) is 2.29. The van der Waals surface area contributed by atoms with Crippen molar-refractivity contribution in [2.24, 2.45) is 0 Å². The Morgan fingerprint density at radius 3 is 2.15 bits per heavy atom. The molecule has 5 nitrogen and oxygen atoms in total. The lowest BCUT2D eigenvalue weighted by Gasteiger charge is -2.43. The Hall–Kier alpha value is -2.57. The minimum atomic E-state index is -0.363. The molecule has 0 bridgehead atoms. The van der Waals surface area contributed by atoms with Crippen molar-refractivity contribution >= 4 is 47.4 Å². The van der Waals surface area contributed by atoms with Crippen molar-refractivity contribution < 1.29 is 9.59 Å². The second-order valence-electron chi connectivity index (χ2n) is 10.2. The molecule has 3 aromatic carbocycles. The molecule has 2 amide bonds. The van der Waals surface area contributed by atoms with Gasteiger partial charge in [0, 0.05) is 33.6 Å². The zero-order valence-corrected chi connectivity index (χ0v) is 24.7. The molecule has 0 aliphatic carbocycles. The summed E-state index contributed by atoms with van der Waals surface area (Å²) in [4.78, 5) is 30.0. The van der Waals surface area contributed by atoms with Crippen molar-refractivity contribution in [1.29, 1.82) is 0 Å². The molecular formula is C31H36Cl3N3O2. The summed E-state index contributed by atoms with van der Waals surface area (Å²) >= 11 is 12.5. The predicted octanol–water partition coefficient (Wildman–Crippen LogP) is 6.67. The highest BCUT2D eigenvalue weighted by Gasteiger charge is 2.37. The maximum absolute atomic E-state index is 13.7. The van der Waals surface area contributed by atoms with E-state index in [1.807, 2.05) is 67.7 Å². The molecule has 8 heteroatoms. The fourth-order valence-corrected chi connectivity index (χ4v) is 5.72. The second-order valence-corrected chi connectivity index (χ2v) is 11.0. The quantitative estimate of drug-likeness (QED) is 0.304. The topological polar surface area (TPSA) is 52.7 Å². The van der Waals surface area contributed by atoms with Crippen molar-refractivity contribution in [2.45, 2.75) is 44.2 Å². The highest BCUT2D eigenvalue weighted by molar-refractivity contribution is 6.42. The molecule has 4 rings (SSSR count). The summed E-state index contributed by atoms with van der Waals surface area (Å²) in [5.74, 6) is -0.301. The molecule has 1 aliphatic heterocycles. The Morgan fingerprint density at radius 1 is 0.949 bits per heavy atom. The summed E-state index contributed by atoms with van der Waals surface area (Å²) < 4.78 is 0. The van der Waals surface area contributed by atoms with E-state index in [0.29, 0.717) is 23.0 Å². The summed E-state index contributed by atoms with van der Waals surface area (Å²) in [5, 5.41) is 4.17. The van der Waals surface area contributed by atoms with Crippen LogP contribution >= 0.6 is 35.6 Å². The van der Waals surface area contributed by atoms with Crippen LogP contribution in [0, 0.1) is 0 Å². The number of carbonyl (C=O) groups is 2. The van der Waals surface area contributed by atoms with Gasteiger partial charge in [-0.25, -0.2) is 0 Å². The van der Waals surface area contributed by atoms with Gasteiger partial charge in [-0.3, -0.25) is 9.59 Å². The second kappa shape index (κ2) is 14.2. The van der Waals surface area contributed by atoms with Gasteiger partial charge in [0.2, 0.25) is 11.8 Å². The van der Waals surface area contributed by atoms with Crippen LogP contribution < -0.4 is 5.32 Å². The van der Waals surface area contributed by atoms with E-state index in [2.05, 4.69) is 22.3 Å². The first-order valence-electron chi connectivity index (χ1n) is 13.1. The Morgan fingerprint density at radius 2 is 1.56 bits per heavy atom. The van der Waals surface area contributed by atoms with E-state index in [1.165, 1.54) is 0 Å². The van der Waals surface area contributed by atoms with Gasteiger partial charge in [0.15, 0.2) is 0 Å². The molecule has 1 N–H and O–H groups in total. The zero-order valence-electron chi connectivity index (χ0n) is 22.4. The van der Waals surface area contributed by atoms with E-state index in [-0.39, 0.29) is 35.7 Å². The number of hydrogen-bond donors (Lipinski definition) is 1. The first-order chi connectivity index (χ1) is 18.3. The highest BCUT2D eigenvalue weighted by Crippen LogP contribution is 2.34. The molecule has 1 unspecified atom stereocenters. The molecule has 3 aromatic rings. The van der Waals surface area contributed by atoms with Crippen LogP contribution in [0.5, 0.6) is 0 Å². The summed E-state index contributed by atoms with van der Waals surface area (Å²) in [6.45, 7) is 4.55. The first kappa shape index (κ1) is 31.0. The Bertz CT molecular complexity index is 1230. The third-order valence-corrected chi connectivity index (χ3v) is 8.21. The van der Waals surface area contributed by atoms with Gasteiger partial charge in [-0.2, -0.15) is 0 Å². The molecule has 1 atom stereocenters. The van der Waals surface area contributed by atoms with Crippen LogP contribution in [0.2, 0.25) is 10.0 Å². The summed E-state index contributed by atoms with van der Waals surface area (Å²) in [5.41, 5.74) is 2.74. The van der Waals surface area contributed by atoms with Crippen LogP contribution in [0.15, 0.2) is 78.9 Å². The average molecular weight is 589 g/mol. The van der Waals surface area contributed by atoms with Crippen LogP contribution in [-0.2, 0) is 21.7 Å². The van der Waals surface area contributed by atoms with Gasteiger partial charge >= 0.3 is 0 Å². The molecule has 0 radical (unpaired) electrons. The lowest BCUT2D eigenvalue weighted by atomic mass is 9.80. The number of piperidine rings is 1. The van der Waals surface area contributed by atoms with Gasteiger partial charge in [0.25, 0.3) is 0 Å². The van der Waals surface area contributed by atoms with Gasteiger partial charge in [-0.15, -0.1) is 12.4 Å². The number of likely N-dealkylation sites (N-methyl/N-ethyl adjacent to an activating group) is 1. The number of benzene rings is 3. The molecule has 0 spiro atoms.